The van der Waals surface area contributed by atoms with E-state index in [1.165, 1.54) is 25.7 Å². The third-order valence-corrected chi connectivity index (χ3v) is 5.46. The summed E-state index contributed by atoms with van der Waals surface area (Å²) in [6.07, 6.45) is 4.83. The second-order valence-electron chi connectivity index (χ2n) is 7.50. The fourth-order valence-electron chi connectivity index (χ4n) is 3.68. The summed E-state index contributed by atoms with van der Waals surface area (Å²) in [4.78, 5) is 12.7. The third-order valence-electron chi connectivity index (χ3n) is 5.46. The van der Waals surface area contributed by atoms with Gasteiger partial charge in [0.15, 0.2) is 5.82 Å². The molecule has 7 heteroatoms. The van der Waals surface area contributed by atoms with Gasteiger partial charge in [0.05, 0.1) is 18.2 Å². The lowest BCUT2D eigenvalue weighted by Crippen LogP contribution is -2.29. The Bertz CT molecular complexity index is 812. The fourth-order valence-corrected chi connectivity index (χ4v) is 3.68. The maximum Gasteiger partial charge on any atom is 0.227 e. The number of aromatic nitrogens is 5. The van der Waals surface area contributed by atoms with Crippen molar-refractivity contribution in [1.29, 1.82) is 0 Å². The van der Waals surface area contributed by atoms with Crippen LogP contribution >= 0.6 is 0 Å². The largest absolute Gasteiger partial charge is 0.348 e. The molecule has 1 N–H and O–H groups in total. The van der Waals surface area contributed by atoms with Crippen molar-refractivity contribution in [2.45, 2.75) is 70.9 Å². The molecule has 0 bridgehead atoms. The molecule has 7 nitrogen and oxygen atoms in total. The van der Waals surface area contributed by atoms with Gasteiger partial charge in [-0.3, -0.25) is 9.48 Å². The maximum absolute atomic E-state index is 12.7. The Morgan fingerprint density at radius 3 is 2.52 bits per heavy atom. The highest BCUT2D eigenvalue weighted by Gasteiger charge is 2.36. The van der Waals surface area contributed by atoms with E-state index < -0.39 is 0 Å². The van der Waals surface area contributed by atoms with E-state index >= 15 is 0 Å². The van der Waals surface area contributed by atoms with Crippen LogP contribution in [0.3, 0.4) is 0 Å². The summed E-state index contributed by atoms with van der Waals surface area (Å²) in [6, 6.07) is 0.540. The van der Waals surface area contributed by atoms with Crippen molar-refractivity contribution in [2.75, 3.05) is 0 Å². The van der Waals surface area contributed by atoms with Crippen LogP contribution in [0.25, 0.3) is 0 Å². The number of carbonyl (C=O) groups is 1. The zero-order valence-corrected chi connectivity index (χ0v) is 15.4. The monoisotopic (exact) mass is 342 g/mol. The van der Waals surface area contributed by atoms with Crippen molar-refractivity contribution in [2.24, 2.45) is 7.05 Å². The molecule has 134 valence electrons. The van der Waals surface area contributed by atoms with Crippen molar-refractivity contribution in [3.8, 4) is 0 Å². The van der Waals surface area contributed by atoms with Crippen LogP contribution in [-0.2, 0) is 18.4 Å². The van der Waals surface area contributed by atoms with Gasteiger partial charge >= 0.3 is 0 Å². The van der Waals surface area contributed by atoms with Crippen LogP contribution in [0.5, 0.6) is 0 Å². The zero-order chi connectivity index (χ0) is 17.7. The molecule has 0 saturated heterocycles. The van der Waals surface area contributed by atoms with Gasteiger partial charge in [0.2, 0.25) is 5.91 Å². The molecule has 2 saturated carbocycles. The molecular formula is C18H26N6O. The first-order chi connectivity index (χ1) is 12.0. The predicted molar refractivity (Wildman–Crippen MR) is 93.2 cm³/mol. The van der Waals surface area contributed by atoms with Crippen molar-refractivity contribution in [3.63, 3.8) is 0 Å². The smallest absolute Gasteiger partial charge is 0.227 e. The molecule has 0 spiro atoms. The van der Waals surface area contributed by atoms with Gasteiger partial charge in [-0.1, -0.05) is 0 Å². The highest BCUT2D eigenvalue weighted by Crippen LogP contribution is 2.44. The number of carbonyl (C=O) groups excluding carboxylic acids is 1. The van der Waals surface area contributed by atoms with Crippen molar-refractivity contribution < 1.29 is 4.79 Å². The van der Waals surface area contributed by atoms with E-state index in [0.29, 0.717) is 18.5 Å². The average Bonchev–Trinajstić information content (AvgIpc) is 3.50. The molecule has 4 rings (SSSR count). The summed E-state index contributed by atoms with van der Waals surface area (Å²) in [5, 5.41) is 16.2. The standard InChI is InChI=1S/C18H26N6O/c1-10(16-11(2)22-23(4)12(16)3)18(25)19-9-15-20-21-17(13-5-6-13)24(15)14-7-8-14/h10,13-14H,5-9H2,1-4H3,(H,19,25). The van der Waals surface area contributed by atoms with Crippen LogP contribution in [0.1, 0.15) is 79.1 Å². The first-order valence-electron chi connectivity index (χ1n) is 9.18. The first kappa shape index (κ1) is 16.3. The first-order valence-corrected chi connectivity index (χ1v) is 9.18. The molecule has 1 amide bonds. The number of nitrogens with one attached hydrogen (secondary N) is 1. The summed E-state index contributed by atoms with van der Waals surface area (Å²) in [6.45, 7) is 6.34. The van der Waals surface area contributed by atoms with Crippen LogP contribution in [0.2, 0.25) is 0 Å². The van der Waals surface area contributed by atoms with E-state index in [4.69, 9.17) is 0 Å². The lowest BCUT2D eigenvalue weighted by Gasteiger charge is -2.14. The molecule has 2 aliphatic carbocycles. The summed E-state index contributed by atoms with van der Waals surface area (Å²) >= 11 is 0. The molecule has 0 radical (unpaired) electrons. The van der Waals surface area contributed by atoms with Crippen LogP contribution in [0, 0.1) is 13.8 Å². The number of aryl methyl sites for hydroxylation is 2. The molecular weight excluding hydrogens is 316 g/mol. The molecule has 2 aromatic heterocycles. The zero-order valence-electron chi connectivity index (χ0n) is 15.4. The summed E-state index contributed by atoms with van der Waals surface area (Å²) in [5.74, 6) is 2.38. The Labute approximate surface area is 147 Å². The van der Waals surface area contributed by atoms with Gasteiger partial charge in [0.25, 0.3) is 0 Å². The molecule has 25 heavy (non-hydrogen) atoms. The number of nitrogens with zero attached hydrogens (tertiary/aromatic N) is 5. The molecule has 2 fully saturated rings. The highest BCUT2D eigenvalue weighted by atomic mass is 16.1. The SMILES string of the molecule is Cc1nn(C)c(C)c1C(C)C(=O)NCc1nnc(C2CC2)n1C1CC1. The summed E-state index contributed by atoms with van der Waals surface area (Å²) in [5.41, 5.74) is 2.97. The molecule has 2 aromatic rings. The number of rotatable bonds is 6. The summed E-state index contributed by atoms with van der Waals surface area (Å²) < 4.78 is 4.11. The normalized spacial score (nSPS) is 18.4. The Hall–Kier alpha value is -2.18. The Kier molecular flexibility index (Phi) is 3.89. The van der Waals surface area contributed by atoms with Gasteiger partial charge in [-0.15, -0.1) is 10.2 Å². The molecule has 0 aromatic carbocycles. The van der Waals surface area contributed by atoms with Gasteiger partial charge in [0.1, 0.15) is 5.82 Å². The van der Waals surface area contributed by atoms with Crippen molar-refractivity contribution in [1.82, 2.24) is 29.9 Å². The number of hydrogen-bond acceptors (Lipinski definition) is 4. The highest BCUT2D eigenvalue weighted by molar-refractivity contribution is 5.83. The van der Waals surface area contributed by atoms with E-state index in [1.807, 2.05) is 32.5 Å². The molecule has 0 aliphatic heterocycles. The lowest BCUT2D eigenvalue weighted by molar-refractivity contribution is -0.122. The van der Waals surface area contributed by atoms with Crippen molar-refractivity contribution in [3.05, 3.63) is 28.6 Å². The minimum atomic E-state index is -0.228. The van der Waals surface area contributed by atoms with Crippen LogP contribution < -0.4 is 5.32 Å². The minimum absolute atomic E-state index is 0.0116. The second-order valence-corrected chi connectivity index (χ2v) is 7.50. The predicted octanol–water partition coefficient (Wildman–Crippen LogP) is 2.26. The van der Waals surface area contributed by atoms with Gasteiger partial charge in [-0.25, -0.2) is 0 Å². The number of hydrogen-bond donors (Lipinski definition) is 1. The fraction of sp³-hybridized carbons (Fsp3) is 0.667. The van der Waals surface area contributed by atoms with Crippen LogP contribution in [-0.4, -0.2) is 30.5 Å². The molecule has 1 atom stereocenters. The summed E-state index contributed by atoms with van der Waals surface area (Å²) in [7, 11) is 1.91. The quantitative estimate of drug-likeness (QED) is 0.873. The lowest BCUT2D eigenvalue weighted by atomic mass is 9.98. The van der Waals surface area contributed by atoms with Crippen LogP contribution in [0.15, 0.2) is 0 Å². The Morgan fingerprint density at radius 1 is 1.24 bits per heavy atom. The van der Waals surface area contributed by atoms with Crippen LogP contribution in [0.4, 0.5) is 0 Å². The van der Waals surface area contributed by atoms with Gasteiger partial charge in [-0.05, 0) is 46.5 Å². The molecule has 1 unspecified atom stereocenters. The van der Waals surface area contributed by atoms with E-state index in [2.05, 4.69) is 25.2 Å². The van der Waals surface area contributed by atoms with E-state index in [1.54, 1.807) is 0 Å². The molecule has 2 heterocycles. The molecule has 2 aliphatic rings. The van der Waals surface area contributed by atoms with Gasteiger partial charge in [0, 0.05) is 30.3 Å². The minimum Gasteiger partial charge on any atom is -0.348 e. The Balaban J connectivity index is 1.47. The number of amides is 1. The van der Waals surface area contributed by atoms with Gasteiger partial charge < -0.3 is 9.88 Å². The Morgan fingerprint density at radius 2 is 1.96 bits per heavy atom. The second kappa shape index (κ2) is 5.97. The average molecular weight is 342 g/mol. The van der Waals surface area contributed by atoms with E-state index in [-0.39, 0.29) is 11.8 Å². The van der Waals surface area contributed by atoms with E-state index in [0.717, 1.165) is 28.6 Å². The van der Waals surface area contributed by atoms with Gasteiger partial charge in [-0.2, -0.15) is 5.10 Å². The maximum atomic E-state index is 12.7. The third kappa shape index (κ3) is 2.96. The van der Waals surface area contributed by atoms with Crippen molar-refractivity contribution >= 4 is 5.91 Å². The van der Waals surface area contributed by atoms with E-state index in [9.17, 15) is 4.79 Å². The topological polar surface area (TPSA) is 77.6 Å².